The summed E-state index contributed by atoms with van der Waals surface area (Å²) < 4.78 is 17.3. The Balaban J connectivity index is 1.99. The van der Waals surface area contributed by atoms with Gasteiger partial charge in [-0.15, -0.1) is 0 Å². The van der Waals surface area contributed by atoms with Crippen LogP contribution in [0, 0.1) is 0 Å². The summed E-state index contributed by atoms with van der Waals surface area (Å²) in [5.41, 5.74) is 6.02. The zero-order valence-corrected chi connectivity index (χ0v) is 9.73. The molecule has 1 aliphatic carbocycles. The number of nitrogens with two attached hydrogens (primary N) is 1. The van der Waals surface area contributed by atoms with E-state index in [9.17, 15) is 0 Å². The van der Waals surface area contributed by atoms with E-state index >= 15 is 0 Å². The number of ether oxygens (including phenoxy) is 3. The minimum atomic E-state index is -0.513. The third-order valence-electron chi connectivity index (χ3n) is 2.99. The first-order valence-corrected chi connectivity index (χ1v) is 5.76. The summed E-state index contributed by atoms with van der Waals surface area (Å²) in [6.07, 6.45) is 1.98. The molecule has 2 aliphatic rings. The van der Waals surface area contributed by atoms with Crippen LogP contribution in [0.15, 0.2) is 0 Å². The van der Waals surface area contributed by atoms with E-state index in [-0.39, 0.29) is 24.4 Å². The molecule has 0 spiro atoms. The van der Waals surface area contributed by atoms with E-state index in [4.69, 9.17) is 19.9 Å². The van der Waals surface area contributed by atoms with E-state index < -0.39 is 5.79 Å². The minimum Gasteiger partial charge on any atom is -0.375 e. The fourth-order valence-corrected chi connectivity index (χ4v) is 2.40. The summed E-state index contributed by atoms with van der Waals surface area (Å²) >= 11 is 0. The molecule has 2 fully saturated rings. The molecule has 0 unspecified atom stereocenters. The van der Waals surface area contributed by atoms with Crippen molar-refractivity contribution >= 4 is 0 Å². The summed E-state index contributed by atoms with van der Waals surface area (Å²) in [5.74, 6) is -0.513. The van der Waals surface area contributed by atoms with Crippen molar-refractivity contribution in [2.45, 2.75) is 63.8 Å². The Morgan fingerprint density at radius 2 is 2.00 bits per heavy atom. The normalized spacial score (nSPS) is 43.2. The Morgan fingerprint density at radius 1 is 1.33 bits per heavy atom. The van der Waals surface area contributed by atoms with Gasteiger partial charge in [-0.1, -0.05) is 6.92 Å². The van der Waals surface area contributed by atoms with E-state index in [1.807, 2.05) is 13.8 Å². The van der Waals surface area contributed by atoms with Gasteiger partial charge in [0.1, 0.15) is 12.2 Å². The number of hydrogen-bond acceptors (Lipinski definition) is 4. The molecule has 0 aromatic heterocycles. The zero-order valence-electron chi connectivity index (χ0n) is 9.73. The molecule has 1 heterocycles. The van der Waals surface area contributed by atoms with Crippen molar-refractivity contribution in [3.8, 4) is 0 Å². The standard InChI is InChI=1S/C11H21NO3/c1-4-5-13-8-6-7(12)9-10(8)15-11(2,3)14-9/h7-10H,4-6,12H2,1-3H3/t7-,8+,9+,10-/m1/s1. The van der Waals surface area contributed by atoms with Crippen LogP contribution in [0.4, 0.5) is 0 Å². The minimum absolute atomic E-state index is 0.00172. The average molecular weight is 215 g/mol. The van der Waals surface area contributed by atoms with E-state index in [1.54, 1.807) is 0 Å². The van der Waals surface area contributed by atoms with E-state index in [1.165, 1.54) is 0 Å². The second-order valence-corrected chi connectivity index (χ2v) is 4.87. The van der Waals surface area contributed by atoms with Crippen LogP contribution in [0.2, 0.25) is 0 Å². The molecule has 0 bridgehead atoms. The maximum absolute atomic E-state index is 6.02. The fourth-order valence-electron chi connectivity index (χ4n) is 2.40. The van der Waals surface area contributed by atoms with Gasteiger partial charge in [0.25, 0.3) is 0 Å². The van der Waals surface area contributed by atoms with Crippen LogP contribution in [0.25, 0.3) is 0 Å². The van der Waals surface area contributed by atoms with E-state index in [0.717, 1.165) is 19.4 Å². The molecular weight excluding hydrogens is 194 g/mol. The average Bonchev–Trinajstić information content (AvgIpc) is 2.60. The molecule has 88 valence electrons. The van der Waals surface area contributed by atoms with Crippen LogP contribution >= 0.6 is 0 Å². The smallest absolute Gasteiger partial charge is 0.163 e. The van der Waals surface area contributed by atoms with Crippen molar-refractivity contribution in [3.63, 3.8) is 0 Å². The lowest BCUT2D eigenvalue weighted by molar-refractivity contribution is -0.167. The van der Waals surface area contributed by atoms with Crippen LogP contribution in [0.1, 0.15) is 33.6 Å². The van der Waals surface area contributed by atoms with Gasteiger partial charge in [-0.3, -0.25) is 0 Å². The van der Waals surface area contributed by atoms with Crippen LogP contribution in [-0.4, -0.2) is 36.7 Å². The Kier molecular flexibility index (Phi) is 3.03. The lowest BCUT2D eigenvalue weighted by atomic mass is 10.2. The highest BCUT2D eigenvalue weighted by Gasteiger charge is 2.53. The molecular formula is C11H21NO3. The first-order valence-electron chi connectivity index (χ1n) is 5.76. The predicted molar refractivity (Wildman–Crippen MR) is 56.4 cm³/mol. The highest BCUT2D eigenvalue weighted by atomic mass is 16.8. The molecule has 2 rings (SSSR count). The Labute approximate surface area is 91.1 Å². The van der Waals surface area contributed by atoms with Gasteiger partial charge in [0.05, 0.1) is 6.10 Å². The van der Waals surface area contributed by atoms with E-state index in [0.29, 0.717) is 0 Å². The predicted octanol–water partition coefficient (Wildman–Crippen LogP) is 1.03. The van der Waals surface area contributed by atoms with Crippen molar-refractivity contribution in [2.24, 2.45) is 5.73 Å². The van der Waals surface area contributed by atoms with Crippen molar-refractivity contribution in [1.29, 1.82) is 0 Å². The summed E-state index contributed by atoms with van der Waals surface area (Å²) in [4.78, 5) is 0. The van der Waals surface area contributed by atoms with Crippen LogP contribution < -0.4 is 5.73 Å². The molecule has 4 atom stereocenters. The number of hydrogen-bond donors (Lipinski definition) is 1. The zero-order chi connectivity index (χ0) is 11.1. The molecule has 0 aromatic carbocycles. The topological polar surface area (TPSA) is 53.7 Å². The summed E-state index contributed by atoms with van der Waals surface area (Å²) in [6, 6.07) is 0.0404. The highest BCUT2D eigenvalue weighted by molar-refractivity contribution is 5.01. The Bertz CT molecular complexity index is 232. The van der Waals surface area contributed by atoms with Crippen molar-refractivity contribution in [2.75, 3.05) is 6.61 Å². The van der Waals surface area contributed by atoms with Gasteiger partial charge in [0.2, 0.25) is 0 Å². The first-order chi connectivity index (χ1) is 7.03. The van der Waals surface area contributed by atoms with Crippen LogP contribution in [-0.2, 0) is 14.2 Å². The molecule has 0 aromatic rings. The summed E-state index contributed by atoms with van der Waals surface area (Å²) in [6.45, 7) is 6.72. The lowest BCUT2D eigenvalue weighted by Gasteiger charge is -2.22. The monoisotopic (exact) mass is 215 g/mol. The molecule has 1 saturated carbocycles. The largest absolute Gasteiger partial charge is 0.375 e. The highest BCUT2D eigenvalue weighted by Crippen LogP contribution is 2.38. The number of fused-ring (bicyclic) bond motifs is 1. The summed E-state index contributed by atoms with van der Waals surface area (Å²) in [5, 5.41) is 0. The first kappa shape index (κ1) is 11.3. The van der Waals surface area contributed by atoms with Gasteiger partial charge in [-0.2, -0.15) is 0 Å². The van der Waals surface area contributed by atoms with Gasteiger partial charge in [0, 0.05) is 12.6 Å². The third-order valence-corrected chi connectivity index (χ3v) is 2.99. The molecule has 0 radical (unpaired) electrons. The van der Waals surface area contributed by atoms with Crippen molar-refractivity contribution in [1.82, 2.24) is 0 Å². The van der Waals surface area contributed by atoms with Gasteiger partial charge in [0.15, 0.2) is 5.79 Å². The molecule has 0 amide bonds. The molecule has 4 heteroatoms. The quantitative estimate of drug-likeness (QED) is 0.764. The van der Waals surface area contributed by atoms with Crippen LogP contribution in [0.5, 0.6) is 0 Å². The number of rotatable bonds is 3. The molecule has 1 aliphatic heterocycles. The fraction of sp³-hybridized carbons (Fsp3) is 1.00. The van der Waals surface area contributed by atoms with Crippen molar-refractivity contribution < 1.29 is 14.2 Å². The molecule has 4 nitrogen and oxygen atoms in total. The van der Waals surface area contributed by atoms with Gasteiger partial charge in [-0.25, -0.2) is 0 Å². The van der Waals surface area contributed by atoms with Gasteiger partial charge < -0.3 is 19.9 Å². The van der Waals surface area contributed by atoms with Crippen molar-refractivity contribution in [3.05, 3.63) is 0 Å². The second-order valence-electron chi connectivity index (χ2n) is 4.87. The molecule has 1 saturated heterocycles. The third kappa shape index (κ3) is 2.18. The Hall–Kier alpha value is -0.160. The SMILES string of the molecule is CCCO[C@H]1C[C@@H](N)[C@@H]2OC(C)(C)O[C@@H]21. The van der Waals surface area contributed by atoms with Gasteiger partial charge >= 0.3 is 0 Å². The maximum Gasteiger partial charge on any atom is 0.163 e. The summed E-state index contributed by atoms with van der Waals surface area (Å²) in [7, 11) is 0. The van der Waals surface area contributed by atoms with E-state index in [2.05, 4.69) is 6.92 Å². The van der Waals surface area contributed by atoms with Crippen LogP contribution in [0.3, 0.4) is 0 Å². The lowest BCUT2D eigenvalue weighted by Crippen LogP contribution is -2.35. The Morgan fingerprint density at radius 3 is 2.67 bits per heavy atom. The molecule has 15 heavy (non-hydrogen) atoms. The maximum atomic E-state index is 6.02. The second kappa shape index (κ2) is 4.01. The molecule has 2 N–H and O–H groups in total. The van der Waals surface area contributed by atoms with Gasteiger partial charge in [-0.05, 0) is 26.7 Å².